The van der Waals surface area contributed by atoms with E-state index in [1.807, 2.05) is 0 Å². The molecule has 3 rings (SSSR count). The van der Waals surface area contributed by atoms with Crippen LogP contribution >= 0.6 is 0 Å². The van der Waals surface area contributed by atoms with Gasteiger partial charge in [-0.2, -0.15) is 0 Å². The zero-order valence-corrected chi connectivity index (χ0v) is 18.1. The van der Waals surface area contributed by atoms with E-state index in [-0.39, 0.29) is 23.4 Å². The van der Waals surface area contributed by atoms with Crippen molar-refractivity contribution >= 4 is 25.6 Å². The Hall–Kier alpha value is -1.84. The molecule has 2 aliphatic rings. The summed E-state index contributed by atoms with van der Waals surface area (Å²) in [5.74, 6) is 6.21. The van der Waals surface area contributed by atoms with E-state index in [0.717, 1.165) is 18.4 Å². The molecule has 1 N–H and O–H groups in total. The van der Waals surface area contributed by atoms with E-state index in [9.17, 15) is 9.18 Å². The molecule has 1 atom stereocenters. The molecule has 27 heavy (non-hydrogen) atoms. The van der Waals surface area contributed by atoms with Gasteiger partial charge in [-0.15, -0.1) is 0 Å². The molecule has 0 radical (unpaired) electrons. The van der Waals surface area contributed by atoms with Crippen molar-refractivity contribution in [3.63, 3.8) is 0 Å². The van der Waals surface area contributed by atoms with E-state index in [2.05, 4.69) is 51.0 Å². The van der Waals surface area contributed by atoms with Gasteiger partial charge in [0.15, 0.2) is 8.32 Å². The van der Waals surface area contributed by atoms with Gasteiger partial charge in [0.2, 0.25) is 0 Å². The first-order valence-electron chi connectivity index (χ1n) is 9.57. The minimum atomic E-state index is -2.08. The van der Waals surface area contributed by atoms with Crippen LogP contribution in [0.15, 0.2) is 12.1 Å². The minimum Gasteiger partial charge on any atom is -0.399 e. The SMILES string of the molecule is CC1Nc2c(C#CC3CC3)ccc(F)c2N(CO[Si](C)(C)C(C)(C)C)C1=O. The highest BCUT2D eigenvalue weighted by atomic mass is 28.4. The molecule has 1 heterocycles. The number of hydrogen-bond donors (Lipinski definition) is 1. The summed E-state index contributed by atoms with van der Waals surface area (Å²) in [5.41, 5.74) is 1.57. The fourth-order valence-corrected chi connectivity index (χ4v) is 3.57. The standard InChI is InChI=1S/C21H29FN2O2Si/c1-14-20(25)24(13-26-27(5,6)21(2,3)4)19-17(22)12-11-16(18(19)23-14)10-9-15-7-8-15/h11-12,14-15,23H,7-8,13H2,1-6H3. The number of halogens is 1. The Morgan fingerprint density at radius 1 is 1.33 bits per heavy atom. The number of carbonyl (C=O) groups excluding carboxylic acids is 1. The van der Waals surface area contributed by atoms with Crippen LogP contribution in [0.5, 0.6) is 0 Å². The maximum atomic E-state index is 14.7. The monoisotopic (exact) mass is 388 g/mol. The van der Waals surface area contributed by atoms with E-state index in [1.165, 1.54) is 11.0 Å². The van der Waals surface area contributed by atoms with Crippen LogP contribution < -0.4 is 10.2 Å². The van der Waals surface area contributed by atoms with Gasteiger partial charge in [-0.25, -0.2) is 4.39 Å². The highest BCUT2D eigenvalue weighted by molar-refractivity contribution is 6.74. The minimum absolute atomic E-state index is 0.00859. The van der Waals surface area contributed by atoms with Crippen molar-refractivity contribution in [2.24, 2.45) is 5.92 Å². The van der Waals surface area contributed by atoms with Gasteiger partial charge in [-0.05, 0) is 50.0 Å². The maximum Gasteiger partial charge on any atom is 0.251 e. The Labute approximate surface area is 162 Å². The van der Waals surface area contributed by atoms with Crippen LogP contribution in [0.3, 0.4) is 0 Å². The number of carbonyl (C=O) groups is 1. The molecule has 1 saturated carbocycles. The largest absolute Gasteiger partial charge is 0.399 e. The molecule has 1 aromatic rings. The highest BCUT2D eigenvalue weighted by Crippen LogP contribution is 2.40. The number of benzene rings is 1. The van der Waals surface area contributed by atoms with Crippen LogP contribution in [-0.2, 0) is 9.22 Å². The molecule has 1 amide bonds. The summed E-state index contributed by atoms with van der Waals surface area (Å²) in [5, 5.41) is 3.15. The van der Waals surface area contributed by atoms with Crippen molar-refractivity contribution in [2.45, 2.75) is 64.7 Å². The number of hydrogen-bond acceptors (Lipinski definition) is 3. The number of nitrogens with one attached hydrogen (secondary N) is 1. The van der Waals surface area contributed by atoms with E-state index < -0.39 is 20.2 Å². The fourth-order valence-electron chi connectivity index (χ4n) is 2.68. The molecule has 1 aromatic carbocycles. The second-order valence-corrected chi connectivity index (χ2v) is 13.8. The molecular weight excluding hydrogens is 359 g/mol. The third-order valence-corrected chi connectivity index (χ3v) is 10.2. The number of nitrogens with zero attached hydrogens (tertiary/aromatic N) is 1. The van der Waals surface area contributed by atoms with Crippen molar-refractivity contribution in [3.8, 4) is 11.8 Å². The zero-order valence-electron chi connectivity index (χ0n) is 17.1. The van der Waals surface area contributed by atoms with E-state index in [4.69, 9.17) is 4.43 Å². The van der Waals surface area contributed by atoms with Gasteiger partial charge < -0.3 is 9.74 Å². The van der Waals surface area contributed by atoms with Crippen LogP contribution in [0.1, 0.15) is 46.1 Å². The Morgan fingerprint density at radius 2 is 2.00 bits per heavy atom. The quantitative estimate of drug-likeness (QED) is 0.602. The Morgan fingerprint density at radius 3 is 2.59 bits per heavy atom. The van der Waals surface area contributed by atoms with Crippen molar-refractivity contribution in [3.05, 3.63) is 23.5 Å². The summed E-state index contributed by atoms with van der Waals surface area (Å²) in [6.45, 7) is 12.5. The zero-order chi connectivity index (χ0) is 20.0. The van der Waals surface area contributed by atoms with Gasteiger partial charge in [-0.3, -0.25) is 9.69 Å². The van der Waals surface area contributed by atoms with Crippen molar-refractivity contribution in [1.82, 2.24) is 0 Å². The van der Waals surface area contributed by atoms with Crippen LogP contribution in [-0.4, -0.2) is 27.0 Å². The lowest BCUT2D eigenvalue weighted by molar-refractivity contribution is -0.120. The van der Waals surface area contributed by atoms with Gasteiger partial charge in [0, 0.05) is 5.92 Å². The fraction of sp³-hybridized carbons (Fsp3) is 0.571. The summed E-state index contributed by atoms with van der Waals surface area (Å²) >= 11 is 0. The van der Waals surface area contributed by atoms with E-state index in [0.29, 0.717) is 11.6 Å². The van der Waals surface area contributed by atoms with Gasteiger partial charge >= 0.3 is 0 Å². The van der Waals surface area contributed by atoms with E-state index >= 15 is 0 Å². The lowest BCUT2D eigenvalue weighted by Gasteiger charge is -2.40. The van der Waals surface area contributed by atoms with Gasteiger partial charge in [0.05, 0.1) is 11.3 Å². The molecule has 1 unspecified atom stereocenters. The highest BCUT2D eigenvalue weighted by Gasteiger charge is 2.40. The summed E-state index contributed by atoms with van der Waals surface area (Å²) in [6, 6.07) is 2.62. The van der Waals surface area contributed by atoms with Crippen molar-refractivity contribution < 1.29 is 13.6 Å². The normalized spacial score (nSPS) is 19.9. The molecule has 0 saturated heterocycles. The molecule has 0 aromatic heterocycles. The molecule has 146 valence electrons. The van der Waals surface area contributed by atoms with Gasteiger partial charge in [-0.1, -0.05) is 32.6 Å². The van der Waals surface area contributed by atoms with Gasteiger partial charge in [0.25, 0.3) is 5.91 Å². The molecule has 1 aliphatic carbocycles. The molecule has 1 fully saturated rings. The summed E-state index contributed by atoms with van der Waals surface area (Å²) < 4.78 is 21.0. The number of amides is 1. The average molecular weight is 389 g/mol. The Bertz CT molecular complexity index is 816. The predicted molar refractivity (Wildman–Crippen MR) is 110 cm³/mol. The summed E-state index contributed by atoms with van der Waals surface area (Å²) in [7, 11) is -2.08. The summed E-state index contributed by atoms with van der Waals surface area (Å²) in [4.78, 5) is 14.2. The second kappa shape index (κ2) is 6.96. The lowest BCUT2D eigenvalue weighted by Crippen LogP contribution is -2.51. The first-order valence-corrected chi connectivity index (χ1v) is 12.5. The van der Waals surface area contributed by atoms with E-state index in [1.54, 1.807) is 13.0 Å². The lowest BCUT2D eigenvalue weighted by atomic mass is 10.0. The third kappa shape index (κ3) is 4.04. The molecule has 4 nitrogen and oxygen atoms in total. The molecule has 0 spiro atoms. The van der Waals surface area contributed by atoms with Crippen molar-refractivity contribution in [2.75, 3.05) is 16.9 Å². The van der Waals surface area contributed by atoms with Crippen LogP contribution in [0.25, 0.3) is 0 Å². The second-order valence-electron chi connectivity index (χ2n) is 9.03. The molecular formula is C21H29FN2O2Si. The molecule has 6 heteroatoms. The van der Waals surface area contributed by atoms with Gasteiger partial charge in [0.1, 0.15) is 24.3 Å². The predicted octanol–water partition coefficient (Wildman–Crippen LogP) is 4.71. The Balaban J connectivity index is 1.96. The maximum absolute atomic E-state index is 14.7. The number of fused-ring (bicyclic) bond motifs is 1. The third-order valence-electron chi connectivity index (χ3n) is 5.74. The molecule has 0 bridgehead atoms. The van der Waals surface area contributed by atoms with Crippen LogP contribution in [0.2, 0.25) is 18.1 Å². The van der Waals surface area contributed by atoms with Crippen LogP contribution in [0, 0.1) is 23.6 Å². The smallest absolute Gasteiger partial charge is 0.251 e. The van der Waals surface area contributed by atoms with Crippen molar-refractivity contribution in [1.29, 1.82) is 0 Å². The average Bonchev–Trinajstić information content (AvgIpc) is 3.38. The molecule has 1 aliphatic heterocycles. The summed E-state index contributed by atoms with van der Waals surface area (Å²) in [6.07, 6.45) is 2.26. The van der Waals surface area contributed by atoms with Crippen LogP contribution in [0.4, 0.5) is 15.8 Å². The topological polar surface area (TPSA) is 41.6 Å². The Kier molecular flexibility index (Phi) is 5.13. The first-order chi connectivity index (χ1) is 12.5. The number of anilines is 2. The number of rotatable bonds is 3. The first kappa shape index (κ1) is 19.9.